The molecule has 5 atom stereocenters. The van der Waals surface area contributed by atoms with Gasteiger partial charge in [-0.3, -0.25) is 9.69 Å². The number of likely N-dealkylation sites (N-methyl/N-ethyl adjacent to an activating group) is 1. The van der Waals surface area contributed by atoms with Crippen LogP contribution < -0.4 is 18.6 Å². The van der Waals surface area contributed by atoms with Crippen LogP contribution in [0.25, 0.3) is 16.5 Å². The number of carbonyl (C=O) groups excluding carboxylic acids is 1. The van der Waals surface area contributed by atoms with E-state index >= 15 is 0 Å². The highest BCUT2D eigenvalue weighted by Crippen LogP contribution is 2.66. The van der Waals surface area contributed by atoms with E-state index in [0.29, 0.717) is 34.4 Å². The van der Waals surface area contributed by atoms with E-state index in [1.54, 1.807) is 12.1 Å². The maximum atomic E-state index is 14.2. The van der Waals surface area contributed by atoms with E-state index in [1.807, 2.05) is 11.9 Å². The molecule has 1 saturated heterocycles. The van der Waals surface area contributed by atoms with E-state index in [4.69, 9.17) is 23.1 Å². The molecule has 0 spiro atoms. The van der Waals surface area contributed by atoms with Crippen molar-refractivity contribution in [2.75, 3.05) is 34.9 Å². The molecular weight excluding hydrogens is 570 g/mol. The highest BCUT2D eigenvalue weighted by molar-refractivity contribution is 6.75. The molecule has 0 radical (unpaired) electrons. The molecule has 0 amide bonds. The standard InChI is InChI=1S/C32H43NO9Si/c1-29(2,3)43(30(4,5)6)41-18-11-16-13-31(36,20-15-33(20)7)14-21(34)32(16,37)24-23(18)28(42-43)22-17(26(24)39-9)12-19(38-8)27(40-10)25(22)35/h11-12,16,20,35-37H,13-15H2,1-10H3. The molecule has 5 unspecified atom stereocenters. The fourth-order valence-electron chi connectivity index (χ4n) is 7.98. The van der Waals surface area contributed by atoms with Gasteiger partial charge in [-0.15, -0.1) is 0 Å². The fourth-order valence-corrected chi connectivity index (χ4v) is 12.5. The number of benzene rings is 2. The molecular formula is C32H43NO9Si. The average molecular weight is 614 g/mol. The molecule has 4 aliphatic rings. The number of ketones is 1. The zero-order chi connectivity index (χ0) is 31.7. The van der Waals surface area contributed by atoms with Crippen LogP contribution in [0.15, 0.2) is 12.1 Å². The Morgan fingerprint density at radius 1 is 1.00 bits per heavy atom. The minimum Gasteiger partial charge on any atom is -0.511 e. The lowest BCUT2D eigenvalue weighted by Crippen LogP contribution is -2.62. The van der Waals surface area contributed by atoms with Gasteiger partial charge in [-0.05, 0) is 25.6 Å². The maximum Gasteiger partial charge on any atom is 0.471 e. The minimum atomic E-state index is -3.31. The summed E-state index contributed by atoms with van der Waals surface area (Å²) in [7, 11) is 2.96. The summed E-state index contributed by atoms with van der Waals surface area (Å²) in [5.41, 5.74) is -2.75. The van der Waals surface area contributed by atoms with E-state index < -0.39 is 41.5 Å². The molecule has 3 N–H and O–H groups in total. The summed E-state index contributed by atoms with van der Waals surface area (Å²) < 4.78 is 31.3. The normalized spacial score (nSPS) is 30.8. The Morgan fingerprint density at radius 2 is 1.60 bits per heavy atom. The first-order valence-corrected chi connectivity index (χ1v) is 16.5. The van der Waals surface area contributed by atoms with Crippen LogP contribution in [0.1, 0.15) is 65.5 Å². The Labute approximate surface area is 253 Å². The number of Topliss-reactive ketones (excluding diaryl/α,β-unsaturated/α-hetero) is 1. The molecule has 234 valence electrons. The van der Waals surface area contributed by atoms with Crippen molar-refractivity contribution in [1.29, 1.82) is 0 Å². The molecule has 10 nitrogen and oxygen atoms in total. The van der Waals surface area contributed by atoms with Crippen LogP contribution in [0.4, 0.5) is 0 Å². The largest absolute Gasteiger partial charge is 0.511 e. The zero-order valence-electron chi connectivity index (χ0n) is 26.7. The highest BCUT2D eigenvalue weighted by Gasteiger charge is 2.68. The summed E-state index contributed by atoms with van der Waals surface area (Å²) in [6.45, 7) is 13.2. The van der Waals surface area contributed by atoms with Gasteiger partial charge in [-0.25, -0.2) is 0 Å². The van der Waals surface area contributed by atoms with Crippen LogP contribution in [0, 0.1) is 5.92 Å². The second-order valence-corrected chi connectivity index (χ2v) is 19.2. The van der Waals surface area contributed by atoms with Gasteiger partial charge in [0.25, 0.3) is 0 Å². The van der Waals surface area contributed by atoms with Crippen LogP contribution in [0.5, 0.6) is 28.7 Å². The SMILES string of the molecule is COc1cc2c(OC)c3c4c(c2c(O)c1OC)O[Si](C(C)(C)C)(C(C)(C)C)OC4=CC1CC(O)(C2CN2C)CC(=O)C31O. The van der Waals surface area contributed by atoms with E-state index in [-0.39, 0.29) is 47.4 Å². The Kier molecular flexibility index (Phi) is 6.31. The lowest BCUT2D eigenvalue weighted by atomic mass is 9.61. The molecule has 0 aromatic heterocycles. The number of phenols is 1. The molecule has 2 fully saturated rings. The van der Waals surface area contributed by atoms with Crippen molar-refractivity contribution in [3.8, 4) is 28.7 Å². The van der Waals surface area contributed by atoms with E-state index in [2.05, 4.69) is 41.5 Å². The van der Waals surface area contributed by atoms with Gasteiger partial charge in [0.15, 0.2) is 22.9 Å². The van der Waals surface area contributed by atoms with Gasteiger partial charge in [0, 0.05) is 39.9 Å². The molecule has 6 rings (SSSR count). The molecule has 43 heavy (non-hydrogen) atoms. The summed E-state index contributed by atoms with van der Waals surface area (Å²) in [5.74, 6) is -0.198. The van der Waals surface area contributed by atoms with Crippen LogP contribution in [-0.2, 0) is 14.8 Å². The van der Waals surface area contributed by atoms with Gasteiger partial charge < -0.3 is 38.4 Å². The zero-order valence-corrected chi connectivity index (χ0v) is 27.7. The average Bonchev–Trinajstić information content (AvgIpc) is 3.66. The van der Waals surface area contributed by atoms with Gasteiger partial charge in [-0.2, -0.15) is 0 Å². The number of aromatic hydroxyl groups is 1. The van der Waals surface area contributed by atoms with Gasteiger partial charge in [0.1, 0.15) is 17.3 Å². The number of nitrogens with zero attached hydrogens (tertiary/aromatic N) is 1. The Balaban J connectivity index is 1.76. The van der Waals surface area contributed by atoms with Crippen molar-refractivity contribution in [2.24, 2.45) is 5.92 Å². The monoisotopic (exact) mass is 613 g/mol. The van der Waals surface area contributed by atoms with Crippen LogP contribution >= 0.6 is 0 Å². The number of hydrogen-bond donors (Lipinski definition) is 3. The van der Waals surface area contributed by atoms with Gasteiger partial charge in [0.05, 0.1) is 43.9 Å². The molecule has 1 saturated carbocycles. The number of hydrogen-bond acceptors (Lipinski definition) is 10. The number of phenolic OH excluding ortho intramolecular Hbond substituents is 1. The first-order valence-electron chi connectivity index (χ1n) is 14.7. The lowest BCUT2D eigenvalue weighted by Gasteiger charge is -2.54. The van der Waals surface area contributed by atoms with Gasteiger partial charge in [-0.1, -0.05) is 41.5 Å². The number of ether oxygens (including phenoxy) is 3. The molecule has 11 heteroatoms. The first kappa shape index (κ1) is 30.1. The summed E-state index contributed by atoms with van der Waals surface area (Å²) >= 11 is 0. The first-order chi connectivity index (χ1) is 19.9. The van der Waals surface area contributed by atoms with Crippen LogP contribution in [0.2, 0.25) is 10.1 Å². The van der Waals surface area contributed by atoms with E-state index in [0.717, 1.165) is 0 Å². The number of aliphatic hydroxyl groups is 2. The predicted octanol–water partition coefficient (Wildman–Crippen LogP) is 4.59. The maximum absolute atomic E-state index is 14.2. The number of methoxy groups -OCH3 is 3. The predicted molar refractivity (Wildman–Crippen MR) is 163 cm³/mol. The summed E-state index contributed by atoms with van der Waals surface area (Å²) in [4.78, 5) is 16.2. The lowest BCUT2D eigenvalue weighted by molar-refractivity contribution is -0.163. The minimum absolute atomic E-state index is 0.118. The summed E-state index contributed by atoms with van der Waals surface area (Å²) in [5, 5.41) is 35.8. The molecule has 0 bridgehead atoms. The summed E-state index contributed by atoms with van der Waals surface area (Å²) in [6.07, 6.45) is 1.74. The number of carbonyl (C=O) groups is 1. The highest BCUT2D eigenvalue weighted by atomic mass is 28.4. The smallest absolute Gasteiger partial charge is 0.471 e. The third-order valence-corrected chi connectivity index (χ3v) is 14.9. The van der Waals surface area contributed by atoms with Crippen molar-refractivity contribution in [1.82, 2.24) is 4.90 Å². The van der Waals surface area contributed by atoms with Crippen molar-refractivity contribution < 1.29 is 43.2 Å². The van der Waals surface area contributed by atoms with Crippen molar-refractivity contribution >= 4 is 30.9 Å². The van der Waals surface area contributed by atoms with Crippen LogP contribution in [0.3, 0.4) is 0 Å². The van der Waals surface area contributed by atoms with E-state index in [9.17, 15) is 20.1 Å². The van der Waals surface area contributed by atoms with Crippen molar-refractivity contribution in [3.05, 3.63) is 23.3 Å². The van der Waals surface area contributed by atoms with Gasteiger partial charge >= 0.3 is 8.56 Å². The van der Waals surface area contributed by atoms with Crippen LogP contribution in [-0.4, -0.2) is 81.1 Å². The molecule has 2 aliphatic heterocycles. The molecule has 2 aromatic rings. The second kappa shape index (κ2) is 9.03. The molecule has 2 aromatic carbocycles. The molecule has 2 aliphatic carbocycles. The van der Waals surface area contributed by atoms with Crippen molar-refractivity contribution in [2.45, 2.75) is 81.7 Å². The van der Waals surface area contributed by atoms with Crippen molar-refractivity contribution in [3.63, 3.8) is 0 Å². The topological polar surface area (TPSA) is 127 Å². The second-order valence-electron chi connectivity index (χ2n) is 14.6. The number of rotatable bonds is 4. The summed E-state index contributed by atoms with van der Waals surface area (Å²) in [6, 6.07) is 1.50. The Morgan fingerprint density at radius 3 is 2.12 bits per heavy atom. The number of fused-ring (bicyclic) bond motifs is 4. The Hall–Kier alpha value is -2.99. The van der Waals surface area contributed by atoms with Gasteiger partial charge in [0.2, 0.25) is 5.75 Å². The quantitative estimate of drug-likeness (QED) is 0.333. The fraction of sp³-hybridized carbons (Fsp3) is 0.594. The third kappa shape index (κ3) is 3.77. The molecule has 2 heterocycles. The third-order valence-electron chi connectivity index (χ3n) is 9.96. The Bertz CT molecular complexity index is 1570. The van der Waals surface area contributed by atoms with E-state index in [1.165, 1.54) is 21.3 Å².